The molecule has 0 aromatic heterocycles. The van der Waals surface area contributed by atoms with Gasteiger partial charge in [0.1, 0.15) is 5.75 Å². The zero-order chi connectivity index (χ0) is 15.3. The molecule has 1 heterocycles. The van der Waals surface area contributed by atoms with E-state index in [0.717, 1.165) is 24.3 Å². The highest BCUT2D eigenvalue weighted by atomic mass is 16.5. The summed E-state index contributed by atoms with van der Waals surface area (Å²) in [7, 11) is 0. The lowest BCUT2D eigenvalue weighted by Gasteiger charge is -2.27. The third-order valence-corrected chi connectivity index (χ3v) is 3.33. The maximum atomic E-state index is 5.98. The van der Waals surface area contributed by atoms with Crippen LogP contribution in [0.5, 0.6) is 5.75 Å². The molecule has 21 heavy (non-hydrogen) atoms. The minimum atomic E-state index is 0.108. The summed E-state index contributed by atoms with van der Waals surface area (Å²) in [6.45, 7) is 8.59. The van der Waals surface area contributed by atoms with Crippen molar-refractivity contribution in [2.24, 2.45) is 10.7 Å². The minimum Gasteiger partial charge on any atom is -0.493 e. The van der Waals surface area contributed by atoms with Crippen molar-refractivity contribution in [3.05, 3.63) is 29.8 Å². The van der Waals surface area contributed by atoms with E-state index in [4.69, 9.17) is 10.5 Å². The molecule has 5 nitrogen and oxygen atoms in total. The van der Waals surface area contributed by atoms with Gasteiger partial charge in [-0.2, -0.15) is 0 Å². The first kappa shape index (κ1) is 15.6. The van der Waals surface area contributed by atoms with Crippen LogP contribution in [0.4, 0.5) is 0 Å². The first-order valence-electron chi connectivity index (χ1n) is 7.49. The van der Waals surface area contributed by atoms with Gasteiger partial charge in [-0.15, -0.1) is 0 Å². The fourth-order valence-corrected chi connectivity index (χ4v) is 2.32. The Morgan fingerprint density at radius 1 is 1.38 bits per heavy atom. The molecule has 0 radical (unpaired) electrons. The maximum absolute atomic E-state index is 5.98. The molecule has 116 valence electrons. The number of para-hydroxylation sites is 1. The molecule has 1 aromatic carbocycles. The SMILES string of the molecule is CC(C)(C)NCCN=C(N)NC1CCOc2ccccc21. The predicted octanol–water partition coefficient (Wildman–Crippen LogP) is 1.80. The van der Waals surface area contributed by atoms with Gasteiger partial charge in [-0.1, -0.05) is 18.2 Å². The van der Waals surface area contributed by atoms with Crippen molar-refractivity contribution < 1.29 is 4.74 Å². The number of nitrogens with zero attached hydrogens (tertiary/aromatic N) is 1. The zero-order valence-electron chi connectivity index (χ0n) is 13.1. The van der Waals surface area contributed by atoms with Gasteiger partial charge in [-0.05, 0) is 26.8 Å². The molecular weight excluding hydrogens is 264 g/mol. The third-order valence-electron chi connectivity index (χ3n) is 3.33. The Kier molecular flexibility index (Phi) is 5.07. The van der Waals surface area contributed by atoms with Gasteiger partial charge >= 0.3 is 0 Å². The predicted molar refractivity (Wildman–Crippen MR) is 86.7 cm³/mol. The fraction of sp³-hybridized carbons (Fsp3) is 0.562. The Hall–Kier alpha value is -1.75. The Labute approximate surface area is 127 Å². The molecule has 0 amide bonds. The number of guanidine groups is 1. The maximum Gasteiger partial charge on any atom is 0.189 e. The van der Waals surface area contributed by atoms with Crippen molar-refractivity contribution in [1.82, 2.24) is 10.6 Å². The van der Waals surface area contributed by atoms with Crippen molar-refractivity contribution >= 4 is 5.96 Å². The highest BCUT2D eigenvalue weighted by Gasteiger charge is 2.21. The zero-order valence-corrected chi connectivity index (χ0v) is 13.1. The van der Waals surface area contributed by atoms with Gasteiger partial charge in [-0.3, -0.25) is 4.99 Å². The second-order valence-corrected chi connectivity index (χ2v) is 6.32. The van der Waals surface area contributed by atoms with Crippen LogP contribution >= 0.6 is 0 Å². The lowest BCUT2D eigenvalue weighted by atomic mass is 10.0. The van der Waals surface area contributed by atoms with Crippen LogP contribution in [-0.4, -0.2) is 31.2 Å². The molecule has 1 aliphatic heterocycles. The molecule has 0 saturated carbocycles. The normalized spacial score (nSPS) is 18.8. The van der Waals surface area contributed by atoms with E-state index >= 15 is 0 Å². The third kappa shape index (κ3) is 4.93. The van der Waals surface area contributed by atoms with Gasteiger partial charge in [0.05, 0.1) is 19.2 Å². The number of ether oxygens (including phenoxy) is 1. The summed E-state index contributed by atoms with van der Waals surface area (Å²) in [6.07, 6.45) is 0.896. The molecule has 0 saturated heterocycles. The number of hydrogen-bond donors (Lipinski definition) is 3. The summed E-state index contributed by atoms with van der Waals surface area (Å²) in [5.41, 5.74) is 7.24. The average molecular weight is 290 g/mol. The van der Waals surface area contributed by atoms with Gasteiger partial charge in [0.25, 0.3) is 0 Å². The van der Waals surface area contributed by atoms with Gasteiger partial charge in [0, 0.05) is 24.1 Å². The first-order valence-corrected chi connectivity index (χ1v) is 7.49. The van der Waals surface area contributed by atoms with E-state index in [1.165, 1.54) is 0 Å². The summed E-state index contributed by atoms with van der Waals surface area (Å²) in [5, 5.41) is 6.68. The van der Waals surface area contributed by atoms with Gasteiger partial charge in [0.2, 0.25) is 0 Å². The molecule has 4 N–H and O–H groups in total. The lowest BCUT2D eigenvalue weighted by molar-refractivity contribution is 0.262. The molecule has 1 unspecified atom stereocenters. The van der Waals surface area contributed by atoms with E-state index in [9.17, 15) is 0 Å². The molecule has 0 fully saturated rings. The second kappa shape index (κ2) is 6.80. The van der Waals surface area contributed by atoms with Crippen molar-refractivity contribution in [3.8, 4) is 5.75 Å². The summed E-state index contributed by atoms with van der Waals surface area (Å²) < 4.78 is 5.64. The Morgan fingerprint density at radius 3 is 2.90 bits per heavy atom. The number of hydrogen-bond acceptors (Lipinski definition) is 3. The molecule has 1 aliphatic rings. The summed E-state index contributed by atoms with van der Waals surface area (Å²) in [4.78, 5) is 4.37. The van der Waals surface area contributed by atoms with Crippen LogP contribution in [0.25, 0.3) is 0 Å². The van der Waals surface area contributed by atoms with E-state index < -0.39 is 0 Å². The monoisotopic (exact) mass is 290 g/mol. The van der Waals surface area contributed by atoms with E-state index in [2.05, 4.69) is 42.5 Å². The van der Waals surface area contributed by atoms with E-state index in [0.29, 0.717) is 19.1 Å². The largest absolute Gasteiger partial charge is 0.493 e. The molecule has 0 spiro atoms. The summed E-state index contributed by atoms with van der Waals surface area (Å²) in [6, 6.07) is 8.23. The number of nitrogens with two attached hydrogens (primary N) is 1. The highest BCUT2D eigenvalue weighted by Crippen LogP contribution is 2.31. The molecular formula is C16H26N4O. The molecule has 0 bridgehead atoms. The molecule has 0 aliphatic carbocycles. The van der Waals surface area contributed by atoms with Crippen molar-refractivity contribution in [2.75, 3.05) is 19.7 Å². The molecule has 1 aromatic rings. The number of fused-ring (bicyclic) bond motifs is 1. The summed E-state index contributed by atoms with van der Waals surface area (Å²) in [5.74, 6) is 1.43. The van der Waals surface area contributed by atoms with Crippen LogP contribution in [0.15, 0.2) is 29.3 Å². The molecule has 5 heteroatoms. The number of rotatable bonds is 4. The number of benzene rings is 1. The van der Waals surface area contributed by atoms with Crippen molar-refractivity contribution in [1.29, 1.82) is 0 Å². The van der Waals surface area contributed by atoms with Gasteiger partial charge in [0.15, 0.2) is 5.96 Å². The van der Waals surface area contributed by atoms with E-state index in [1.807, 2.05) is 18.2 Å². The summed E-state index contributed by atoms with van der Waals surface area (Å²) >= 11 is 0. The average Bonchev–Trinajstić information content (AvgIpc) is 2.43. The minimum absolute atomic E-state index is 0.108. The molecule has 1 atom stereocenters. The highest BCUT2D eigenvalue weighted by molar-refractivity contribution is 5.78. The standard InChI is InChI=1S/C16H26N4O/c1-16(2,3)19-10-9-18-15(17)20-13-8-11-21-14-7-5-4-6-12(13)14/h4-7,13,19H,8-11H2,1-3H3,(H3,17,18,20). The van der Waals surface area contributed by atoms with Crippen LogP contribution in [-0.2, 0) is 0 Å². The number of aliphatic imine (C=N–C) groups is 1. The second-order valence-electron chi connectivity index (χ2n) is 6.32. The Morgan fingerprint density at radius 2 is 2.14 bits per heavy atom. The quantitative estimate of drug-likeness (QED) is 0.449. The molecule has 2 rings (SSSR count). The fourth-order valence-electron chi connectivity index (χ4n) is 2.32. The Balaban J connectivity index is 1.87. The van der Waals surface area contributed by atoms with Crippen LogP contribution in [0.2, 0.25) is 0 Å². The van der Waals surface area contributed by atoms with Gasteiger partial charge < -0.3 is 21.1 Å². The van der Waals surface area contributed by atoms with E-state index in [1.54, 1.807) is 0 Å². The van der Waals surface area contributed by atoms with Crippen molar-refractivity contribution in [2.45, 2.75) is 38.8 Å². The first-order chi connectivity index (χ1) is 9.96. The van der Waals surface area contributed by atoms with Gasteiger partial charge in [-0.25, -0.2) is 0 Å². The lowest BCUT2D eigenvalue weighted by Crippen LogP contribution is -2.39. The van der Waals surface area contributed by atoms with Crippen LogP contribution < -0.4 is 21.1 Å². The van der Waals surface area contributed by atoms with Crippen LogP contribution in [0.3, 0.4) is 0 Å². The van der Waals surface area contributed by atoms with Crippen LogP contribution in [0.1, 0.15) is 38.8 Å². The van der Waals surface area contributed by atoms with E-state index in [-0.39, 0.29) is 11.6 Å². The van der Waals surface area contributed by atoms with Crippen molar-refractivity contribution in [3.63, 3.8) is 0 Å². The Bertz CT molecular complexity index is 493. The van der Waals surface area contributed by atoms with Crippen LogP contribution in [0, 0.1) is 0 Å². The number of nitrogens with one attached hydrogen (secondary N) is 2. The smallest absolute Gasteiger partial charge is 0.189 e. The topological polar surface area (TPSA) is 71.7 Å².